The molecule has 0 radical (unpaired) electrons. The van der Waals surface area contributed by atoms with Gasteiger partial charge in [0.15, 0.2) is 5.69 Å². The molecule has 3 heterocycles. The Bertz CT molecular complexity index is 1170. The number of rotatable bonds is 1. The van der Waals surface area contributed by atoms with Crippen molar-refractivity contribution < 1.29 is 33.4 Å². The minimum atomic E-state index is -1.01. The molecule has 3 atom stereocenters. The number of fused-ring (bicyclic) bond motifs is 3. The van der Waals surface area contributed by atoms with E-state index in [0.29, 0.717) is 6.42 Å². The van der Waals surface area contributed by atoms with Gasteiger partial charge in [0.1, 0.15) is 23.8 Å². The summed E-state index contributed by atoms with van der Waals surface area (Å²) in [6.07, 6.45) is 9.48. The second-order valence-electron chi connectivity index (χ2n) is 9.84. The number of esters is 1. The Labute approximate surface area is 222 Å². The van der Waals surface area contributed by atoms with Crippen molar-refractivity contribution in [2.45, 2.75) is 59.2 Å². The van der Waals surface area contributed by atoms with Gasteiger partial charge in [-0.2, -0.15) is 0 Å². The van der Waals surface area contributed by atoms with E-state index < -0.39 is 24.1 Å². The first-order chi connectivity index (χ1) is 18.0. The van der Waals surface area contributed by atoms with Crippen molar-refractivity contribution in [2.24, 2.45) is 11.8 Å². The largest absolute Gasteiger partial charge is 0.457 e. The van der Waals surface area contributed by atoms with Gasteiger partial charge in [0, 0.05) is 25.4 Å². The number of nitrogens with zero attached hydrogens (tertiary/aromatic N) is 2. The van der Waals surface area contributed by atoms with Crippen molar-refractivity contribution in [1.82, 2.24) is 15.2 Å². The monoisotopic (exact) mass is 525 g/mol. The zero-order valence-electron chi connectivity index (χ0n) is 22.2. The number of carbonyl (C=O) groups excluding carboxylic acids is 4. The maximum absolute atomic E-state index is 13.1. The molecule has 0 unspecified atom stereocenters. The molecule has 2 amide bonds. The lowest BCUT2D eigenvalue weighted by Gasteiger charge is -2.27. The summed E-state index contributed by atoms with van der Waals surface area (Å²) in [4.78, 5) is 56.3. The van der Waals surface area contributed by atoms with Crippen molar-refractivity contribution in [3.63, 3.8) is 0 Å². The highest BCUT2D eigenvalue weighted by molar-refractivity contribution is 6.00. The maximum Gasteiger partial charge on any atom is 0.355 e. The number of amides is 2. The second-order valence-corrected chi connectivity index (χ2v) is 9.84. The van der Waals surface area contributed by atoms with E-state index in [9.17, 15) is 24.3 Å². The standard InChI is InChI=1S/C28H35N3O7/c1-17(2)26-19(4)9-10-24(34)29-11-5-7-18(3)13-20(32)14-21(33)15-25-30-22(16-37-25)27(35)31-12-6-8-23(31)28(36)38-26/h5,7-10,13,16-17,19-20,26,32H,6,11-12,14-15H2,1-4H3,(H,29,34)/t19-,20+,26+/m1/s1. The molecule has 0 aliphatic carbocycles. The van der Waals surface area contributed by atoms with Crippen molar-refractivity contribution in [1.29, 1.82) is 0 Å². The molecule has 3 rings (SSSR count). The molecule has 1 aromatic heterocycles. The summed E-state index contributed by atoms with van der Waals surface area (Å²) in [6, 6.07) is 0. The number of aliphatic hydroxyl groups excluding tert-OH is 1. The molecule has 10 heteroatoms. The van der Waals surface area contributed by atoms with Gasteiger partial charge in [0.2, 0.25) is 11.8 Å². The third-order valence-corrected chi connectivity index (χ3v) is 6.19. The minimum absolute atomic E-state index is 0.0315. The predicted octanol–water partition coefficient (Wildman–Crippen LogP) is 2.66. The van der Waals surface area contributed by atoms with Crippen LogP contribution in [-0.4, -0.2) is 63.9 Å². The van der Waals surface area contributed by atoms with Crippen LogP contribution in [0.25, 0.3) is 0 Å². The van der Waals surface area contributed by atoms with Crippen molar-refractivity contribution >= 4 is 23.6 Å². The van der Waals surface area contributed by atoms with E-state index in [4.69, 9.17) is 9.15 Å². The third-order valence-electron chi connectivity index (χ3n) is 6.19. The maximum atomic E-state index is 13.1. The van der Waals surface area contributed by atoms with Crippen LogP contribution in [0.2, 0.25) is 0 Å². The fourth-order valence-corrected chi connectivity index (χ4v) is 4.33. The lowest BCUT2D eigenvalue weighted by molar-refractivity contribution is -0.149. The molecule has 38 heavy (non-hydrogen) atoms. The van der Waals surface area contributed by atoms with E-state index in [1.807, 2.05) is 20.8 Å². The fraction of sp³-hybridized carbons (Fsp3) is 0.464. The van der Waals surface area contributed by atoms with Crippen LogP contribution in [0.3, 0.4) is 0 Å². The lowest BCUT2D eigenvalue weighted by atomic mass is 9.94. The number of aliphatic hydroxyl groups is 1. The summed E-state index contributed by atoms with van der Waals surface area (Å²) in [5.41, 5.74) is 0.809. The number of cyclic esters (lactones) is 1. The van der Waals surface area contributed by atoms with E-state index >= 15 is 0 Å². The third kappa shape index (κ3) is 7.85. The number of hydrogen-bond donors (Lipinski definition) is 2. The Balaban J connectivity index is 1.86. The number of nitrogens with one attached hydrogen (secondary N) is 1. The molecule has 2 N–H and O–H groups in total. The predicted molar refractivity (Wildman–Crippen MR) is 139 cm³/mol. The first-order valence-corrected chi connectivity index (χ1v) is 12.7. The summed E-state index contributed by atoms with van der Waals surface area (Å²) in [5.74, 6) is -2.07. The Morgan fingerprint density at radius 1 is 1.18 bits per heavy atom. The number of Topliss-reactive ketones (excluding diaryl/α,β-unsaturated/α-hetero) is 1. The molecule has 204 valence electrons. The van der Waals surface area contributed by atoms with Crippen molar-refractivity contribution in [3.8, 4) is 0 Å². The smallest absolute Gasteiger partial charge is 0.355 e. The van der Waals surface area contributed by atoms with E-state index in [-0.39, 0.29) is 66.7 Å². The topological polar surface area (TPSA) is 139 Å². The average molecular weight is 526 g/mol. The van der Waals surface area contributed by atoms with E-state index in [0.717, 1.165) is 11.8 Å². The summed E-state index contributed by atoms with van der Waals surface area (Å²) in [5, 5.41) is 13.0. The van der Waals surface area contributed by atoms with Crippen molar-refractivity contribution in [2.75, 3.05) is 13.1 Å². The molecule has 1 aromatic rings. The van der Waals surface area contributed by atoms with Crippen LogP contribution in [0.15, 0.2) is 58.4 Å². The Morgan fingerprint density at radius 3 is 2.68 bits per heavy atom. The Hall–Kier alpha value is -3.79. The van der Waals surface area contributed by atoms with Crippen LogP contribution in [0.4, 0.5) is 0 Å². The number of hydrogen-bond acceptors (Lipinski definition) is 8. The Kier molecular flexibility index (Phi) is 9.95. The number of oxazole rings is 1. The summed E-state index contributed by atoms with van der Waals surface area (Å²) in [7, 11) is 0. The van der Waals surface area contributed by atoms with Gasteiger partial charge in [0.25, 0.3) is 5.91 Å². The van der Waals surface area contributed by atoms with Gasteiger partial charge in [0.05, 0.1) is 12.5 Å². The van der Waals surface area contributed by atoms with Crippen LogP contribution >= 0.6 is 0 Å². The molecular weight excluding hydrogens is 490 g/mol. The summed E-state index contributed by atoms with van der Waals surface area (Å²) >= 11 is 0. The van der Waals surface area contributed by atoms with Crippen LogP contribution in [0.1, 0.15) is 56.9 Å². The molecule has 0 aromatic carbocycles. The van der Waals surface area contributed by atoms with Gasteiger partial charge in [-0.15, -0.1) is 0 Å². The molecule has 2 aliphatic rings. The molecule has 0 fully saturated rings. The highest BCUT2D eigenvalue weighted by atomic mass is 16.5. The van der Waals surface area contributed by atoms with Gasteiger partial charge in [-0.3, -0.25) is 14.4 Å². The Morgan fingerprint density at radius 2 is 1.95 bits per heavy atom. The summed E-state index contributed by atoms with van der Waals surface area (Å²) in [6.45, 7) is 8.00. The fourth-order valence-electron chi connectivity index (χ4n) is 4.33. The quantitative estimate of drug-likeness (QED) is 0.534. The molecule has 2 bridgehead atoms. The number of allylic oxidation sites excluding steroid dienone is 2. The highest BCUT2D eigenvalue weighted by Crippen LogP contribution is 2.24. The van der Waals surface area contributed by atoms with Crippen LogP contribution in [0, 0.1) is 11.8 Å². The number of ketones is 1. The zero-order valence-corrected chi connectivity index (χ0v) is 22.2. The summed E-state index contributed by atoms with van der Waals surface area (Å²) < 4.78 is 11.1. The van der Waals surface area contributed by atoms with Crippen LogP contribution in [0.5, 0.6) is 0 Å². The highest BCUT2D eigenvalue weighted by Gasteiger charge is 2.33. The lowest BCUT2D eigenvalue weighted by Crippen LogP contribution is -2.36. The number of ether oxygens (including phenoxy) is 1. The van der Waals surface area contributed by atoms with E-state index in [1.54, 1.807) is 37.3 Å². The van der Waals surface area contributed by atoms with Crippen molar-refractivity contribution in [3.05, 3.63) is 65.6 Å². The van der Waals surface area contributed by atoms with E-state index in [1.165, 1.54) is 11.0 Å². The van der Waals surface area contributed by atoms with Gasteiger partial charge in [-0.05, 0) is 25.3 Å². The molecule has 0 saturated heterocycles. The average Bonchev–Trinajstić information content (AvgIpc) is 3.52. The molecule has 2 aliphatic heterocycles. The molecule has 0 spiro atoms. The van der Waals surface area contributed by atoms with Crippen LogP contribution < -0.4 is 5.32 Å². The minimum Gasteiger partial charge on any atom is -0.457 e. The molecule has 0 saturated carbocycles. The van der Waals surface area contributed by atoms with E-state index in [2.05, 4.69) is 10.3 Å². The van der Waals surface area contributed by atoms with Gasteiger partial charge in [-0.25, -0.2) is 9.78 Å². The first kappa shape index (κ1) is 28.8. The molecule has 10 nitrogen and oxygen atoms in total. The van der Waals surface area contributed by atoms with Crippen LogP contribution in [-0.2, 0) is 25.5 Å². The molecular formula is C28H35N3O7. The number of aromatic nitrogens is 1. The van der Waals surface area contributed by atoms with Gasteiger partial charge < -0.3 is 24.5 Å². The van der Waals surface area contributed by atoms with Gasteiger partial charge >= 0.3 is 5.97 Å². The number of carbonyl (C=O) groups is 4. The SMILES string of the molecule is CC1=C[C@H](O)CC(=O)Cc2nc(co2)C(=O)N2CCC=C2C(=O)O[C@@H](C(C)C)[C@H](C)C=CC(=O)NCC=C1. The zero-order chi connectivity index (χ0) is 27.8. The normalized spacial score (nSPS) is 24.6. The van der Waals surface area contributed by atoms with Gasteiger partial charge in [-0.1, -0.05) is 56.7 Å². The second kappa shape index (κ2) is 13.1. The first-order valence-electron chi connectivity index (χ1n) is 12.7.